The third kappa shape index (κ3) is 4.43. The number of amides is 2. The number of ether oxygens (including phenoxy) is 2. The molecular weight excluding hydrogens is 424 g/mol. The van der Waals surface area contributed by atoms with Crippen LogP contribution in [-0.4, -0.2) is 54.0 Å². The van der Waals surface area contributed by atoms with E-state index in [1.165, 1.54) is 13.8 Å². The lowest BCUT2D eigenvalue weighted by atomic mass is 9.88. The van der Waals surface area contributed by atoms with Crippen molar-refractivity contribution in [1.82, 2.24) is 10.6 Å². The monoisotopic (exact) mass is 452 g/mol. The Morgan fingerprint density at radius 1 is 1.03 bits per heavy atom. The predicted molar refractivity (Wildman–Crippen MR) is 121 cm³/mol. The van der Waals surface area contributed by atoms with E-state index in [0.29, 0.717) is 0 Å². The van der Waals surface area contributed by atoms with Crippen molar-refractivity contribution in [2.24, 2.45) is 0 Å². The molecule has 1 aliphatic carbocycles. The van der Waals surface area contributed by atoms with E-state index >= 15 is 0 Å². The average molecular weight is 453 g/mol. The van der Waals surface area contributed by atoms with E-state index in [1.807, 2.05) is 36.4 Å². The van der Waals surface area contributed by atoms with Crippen LogP contribution >= 0.6 is 0 Å². The molecule has 4 rings (SSSR count). The number of alkyl carbamates (subject to hydrolysis) is 1. The summed E-state index contributed by atoms with van der Waals surface area (Å²) >= 11 is 0. The van der Waals surface area contributed by atoms with Gasteiger partial charge in [0.05, 0.1) is 0 Å². The summed E-state index contributed by atoms with van der Waals surface area (Å²) in [5.74, 6) is -1.81. The molecule has 33 heavy (non-hydrogen) atoms. The number of hydrogen-bond donors (Lipinski definition) is 3. The Morgan fingerprint density at radius 3 is 2.12 bits per heavy atom. The Bertz CT molecular complexity index is 1030. The number of carbonyl (C=O) groups excluding carboxylic acids is 2. The highest BCUT2D eigenvalue weighted by molar-refractivity contribution is 5.93. The predicted octanol–water partition coefficient (Wildman–Crippen LogP) is 3.05. The lowest BCUT2D eigenvalue weighted by Crippen LogP contribution is -2.64. The summed E-state index contributed by atoms with van der Waals surface area (Å²) in [5.41, 5.74) is 1.64. The molecule has 2 aliphatic rings. The van der Waals surface area contributed by atoms with Gasteiger partial charge in [0.1, 0.15) is 17.7 Å². The van der Waals surface area contributed by atoms with Crippen molar-refractivity contribution in [3.63, 3.8) is 0 Å². The van der Waals surface area contributed by atoms with Crippen molar-refractivity contribution < 1.29 is 29.0 Å². The molecule has 0 atom stereocenters. The van der Waals surface area contributed by atoms with E-state index in [-0.39, 0.29) is 38.6 Å². The van der Waals surface area contributed by atoms with Gasteiger partial charge in [-0.05, 0) is 36.1 Å². The standard InChI is InChI=1S/C25H28N2O6/c1-24(2,21(28)26-25(22(29)30)11-13-32-14-12-25)27-23(31)33-15-20-18-9-5-3-7-16(18)17-8-4-6-10-19(17)20/h3-10,20H,11-15H2,1-2H3,(H,26,28)(H,27,31)(H,29,30). The van der Waals surface area contributed by atoms with E-state index in [1.54, 1.807) is 0 Å². The molecule has 8 nitrogen and oxygen atoms in total. The molecule has 0 aromatic heterocycles. The van der Waals surface area contributed by atoms with Crippen LogP contribution in [0.2, 0.25) is 0 Å². The van der Waals surface area contributed by atoms with Crippen LogP contribution in [0.5, 0.6) is 0 Å². The molecule has 2 amide bonds. The van der Waals surface area contributed by atoms with Crippen molar-refractivity contribution in [2.45, 2.75) is 43.7 Å². The van der Waals surface area contributed by atoms with Gasteiger partial charge in [0.2, 0.25) is 5.91 Å². The molecule has 3 N–H and O–H groups in total. The normalized spacial score (nSPS) is 16.9. The fraction of sp³-hybridized carbons (Fsp3) is 0.400. The maximum atomic E-state index is 12.9. The van der Waals surface area contributed by atoms with E-state index in [4.69, 9.17) is 9.47 Å². The number of hydrogen-bond acceptors (Lipinski definition) is 5. The summed E-state index contributed by atoms with van der Waals surface area (Å²) in [5, 5.41) is 14.9. The van der Waals surface area contributed by atoms with Gasteiger partial charge in [-0.1, -0.05) is 48.5 Å². The Kier molecular flexibility index (Phi) is 6.12. The minimum absolute atomic E-state index is 0.0994. The number of rotatable bonds is 6. The highest BCUT2D eigenvalue weighted by Gasteiger charge is 2.44. The largest absolute Gasteiger partial charge is 0.480 e. The van der Waals surface area contributed by atoms with Crippen LogP contribution in [0.1, 0.15) is 43.7 Å². The zero-order valence-electron chi connectivity index (χ0n) is 18.7. The maximum absolute atomic E-state index is 12.9. The number of fused-ring (bicyclic) bond motifs is 3. The van der Waals surface area contributed by atoms with Gasteiger partial charge in [-0.15, -0.1) is 0 Å². The van der Waals surface area contributed by atoms with Gasteiger partial charge < -0.3 is 25.2 Å². The number of nitrogens with one attached hydrogen (secondary N) is 2. The summed E-state index contributed by atoms with van der Waals surface area (Å²) in [6, 6.07) is 16.0. The van der Waals surface area contributed by atoms with E-state index < -0.39 is 29.0 Å². The zero-order chi connectivity index (χ0) is 23.6. The Morgan fingerprint density at radius 2 is 1.58 bits per heavy atom. The quantitative estimate of drug-likeness (QED) is 0.621. The molecule has 1 aliphatic heterocycles. The number of carbonyl (C=O) groups is 3. The molecule has 1 fully saturated rings. The molecule has 1 saturated heterocycles. The lowest BCUT2D eigenvalue weighted by Gasteiger charge is -2.36. The van der Waals surface area contributed by atoms with Gasteiger partial charge in [-0.25, -0.2) is 9.59 Å². The fourth-order valence-corrected chi connectivity index (χ4v) is 4.43. The van der Waals surface area contributed by atoms with Gasteiger partial charge in [0.15, 0.2) is 0 Å². The molecule has 2 aromatic carbocycles. The van der Waals surface area contributed by atoms with Gasteiger partial charge in [0.25, 0.3) is 0 Å². The molecule has 0 unspecified atom stereocenters. The van der Waals surface area contributed by atoms with E-state index in [9.17, 15) is 19.5 Å². The SMILES string of the molecule is CC(C)(NC(=O)OCC1c2ccccc2-c2ccccc21)C(=O)NC1(C(=O)O)CCOCC1. The Labute approximate surface area is 192 Å². The van der Waals surface area contributed by atoms with Gasteiger partial charge >= 0.3 is 12.1 Å². The third-order valence-electron chi connectivity index (χ3n) is 6.43. The van der Waals surface area contributed by atoms with E-state index in [0.717, 1.165) is 22.3 Å². The molecule has 8 heteroatoms. The molecule has 2 aromatic rings. The van der Waals surface area contributed by atoms with Crippen molar-refractivity contribution in [1.29, 1.82) is 0 Å². The molecular formula is C25H28N2O6. The molecule has 1 heterocycles. The smallest absolute Gasteiger partial charge is 0.408 e. The van der Waals surface area contributed by atoms with Gasteiger partial charge in [0, 0.05) is 32.0 Å². The number of carboxylic acids is 1. The summed E-state index contributed by atoms with van der Waals surface area (Å²) in [6.45, 7) is 3.63. The molecule has 0 bridgehead atoms. The summed E-state index contributed by atoms with van der Waals surface area (Å²) in [4.78, 5) is 37.3. The van der Waals surface area contributed by atoms with E-state index in [2.05, 4.69) is 22.8 Å². The van der Waals surface area contributed by atoms with Crippen LogP contribution in [0.4, 0.5) is 4.79 Å². The number of aliphatic carboxylic acids is 1. The first-order valence-corrected chi connectivity index (χ1v) is 11.0. The minimum atomic E-state index is -1.41. The second kappa shape index (κ2) is 8.86. The second-order valence-electron chi connectivity index (χ2n) is 9.03. The van der Waals surface area contributed by atoms with Crippen LogP contribution in [-0.2, 0) is 19.1 Å². The summed E-state index contributed by atoms with van der Waals surface area (Å²) in [7, 11) is 0. The maximum Gasteiger partial charge on any atom is 0.408 e. The minimum Gasteiger partial charge on any atom is -0.480 e. The average Bonchev–Trinajstić information content (AvgIpc) is 3.11. The van der Waals surface area contributed by atoms with Gasteiger partial charge in [-0.2, -0.15) is 0 Å². The van der Waals surface area contributed by atoms with Crippen molar-refractivity contribution in [3.8, 4) is 11.1 Å². The third-order valence-corrected chi connectivity index (χ3v) is 6.43. The van der Waals surface area contributed by atoms with Crippen LogP contribution in [0.3, 0.4) is 0 Å². The van der Waals surface area contributed by atoms with Gasteiger partial charge in [-0.3, -0.25) is 4.79 Å². The molecule has 0 spiro atoms. The van der Waals surface area contributed by atoms with Crippen LogP contribution < -0.4 is 10.6 Å². The first-order valence-electron chi connectivity index (χ1n) is 11.0. The lowest BCUT2D eigenvalue weighted by molar-refractivity contribution is -0.153. The van der Waals surface area contributed by atoms with Crippen LogP contribution in [0.25, 0.3) is 11.1 Å². The van der Waals surface area contributed by atoms with Crippen molar-refractivity contribution in [3.05, 3.63) is 59.7 Å². The summed E-state index contributed by atoms with van der Waals surface area (Å²) in [6.07, 6.45) is -0.419. The number of carboxylic acid groups (broad SMARTS) is 1. The second-order valence-corrected chi connectivity index (χ2v) is 9.03. The Hall–Kier alpha value is -3.39. The topological polar surface area (TPSA) is 114 Å². The van der Waals surface area contributed by atoms with Crippen molar-refractivity contribution >= 4 is 18.0 Å². The van der Waals surface area contributed by atoms with Crippen LogP contribution in [0, 0.1) is 0 Å². The van der Waals surface area contributed by atoms with Crippen LogP contribution in [0.15, 0.2) is 48.5 Å². The van der Waals surface area contributed by atoms with Crippen molar-refractivity contribution in [2.75, 3.05) is 19.8 Å². The number of benzene rings is 2. The first kappa shape index (κ1) is 22.8. The highest BCUT2D eigenvalue weighted by Crippen LogP contribution is 2.44. The first-order chi connectivity index (χ1) is 15.7. The highest BCUT2D eigenvalue weighted by atomic mass is 16.5. The molecule has 0 radical (unpaired) electrons. The zero-order valence-corrected chi connectivity index (χ0v) is 18.7. The fourth-order valence-electron chi connectivity index (χ4n) is 4.43. The molecule has 0 saturated carbocycles. The Balaban J connectivity index is 1.40. The molecule has 174 valence electrons. The summed E-state index contributed by atoms with van der Waals surface area (Å²) < 4.78 is 10.8.